The van der Waals surface area contributed by atoms with Gasteiger partial charge < -0.3 is 0 Å². The molecule has 78 valence electrons. The van der Waals surface area contributed by atoms with Crippen molar-refractivity contribution in [2.24, 2.45) is 35.5 Å². The van der Waals surface area contributed by atoms with Crippen LogP contribution in [0.3, 0.4) is 0 Å². The first kappa shape index (κ1) is 11.5. The van der Waals surface area contributed by atoms with Gasteiger partial charge in [0.2, 0.25) is 0 Å². The van der Waals surface area contributed by atoms with Gasteiger partial charge in [-0.3, -0.25) is 0 Å². The fourth-order valence-corrected chi connectivity index (χ4v) is 2.81. The van der Waals surface area contributed by atoms with Crippen LogP contribution in [0.25, 0.3) is 0 Å². The summed E-state index contributed by atoms with van der Waals surface area (Å²) in [7, 11) is 0. The number of nitriles is 3. The average molecular weight is 201 g/mol. The van der Waals surface area contributed by atoms with E-state index in [4.69, 9.17) is 15.8 Å². The molecule has 0 N–H and O–H groups in total. The predicted molar refractivity (Wildman–Crippen MR) is 54.8 cm³/mol. The van der Waals surface area contributed by atoms with Crippen molar-refractivity contribution in [3.8, 4) is 18.2 Å². The molecular weight excluding hydrogens is 186 g/mol. The molecule has 1 fully saturated rings. The van der Waals surface area contributed by atoms with Crippen molar-refractivity contribution in [3.05, 3.63) is 0 Å². The van der Waals surface area contributed by atoms with Crippen molar-refractivity contribution in [2.45, 2.75) is 20.8 Å². The van der Waals surface area contributed by atoms with Crippen LogP contribution in [-0.4, -0.2) is 0 Å². The molecule has 0 saturated heterocycles. The van der Waals surface area contributed by atoms with Gasteiger partial charge in [-0.25, -0.2) is 0 Å². The van der Waals surface area contributed by atoms with Gasteiger partial charge in [0.25, 0.3) is 0 Å². The molecule has 3 nitrogen and oxygen atoms in total. The largest absolute Gasteiger partial charge is 0.198 e. The fraction of sp³-hybridized carbons (Fsp3) is 0.750. The molecule has 0 bridgehead atoms. The van der Waals surface area contributed by atoms with E-state index in [1.807, 2.05) is 20.8 Å². The third kappa shape index (κ3) is 1.69. The molecule has 1 saturated carbocycles. The molecule has 0 unspecified atom stereocenters. The van der Waals surface area contributed by atoms with Gasteiger partial charge in [0.05, 0.1) is 36.0 Å². The second kappa shape index (κ2) is 4.33. The van der Waals surface area contributed by atoms with Gasteiger partial charge in [0, 0.05) is 0 Å². The molecule has 1 rings (SSSR count). The van der Waals surface area contributed by atoms with Gasteiger partial charge in [0.1, 0.15) is 0 Å². The highest BCUT2D eigenvalue weighted by atomic mass is 14.5. The zero-order chi connectivity index (χ0) is 11.6. The normalized spacial score (nSPS) is 44.8. The summed E-state index contributed by atoms with van der Waals surface area (Å²) in [5, 5.41) is 27.2. The maximum atomic E-state index is 9.08. The smallest absolute Gasteiger partial charge is 0.0662 e. The third-order valence-corrected chi connectivity index (χ3v) is 3.85. The standard InChI is InChI=1S/C12H15N3/c1-7-10(4-13)8(2)12(6-15)9(3)11(7)5-14/h7-12H,1-3H3. The molecule has 0 aromatic carbocycles. The van der Waals surface area contributed by atoms with E-state index in [0.717, 1.165) is 0 Å². The summed E-state index contributed by atoms with van der Waals surface area (Å²) in [6.45, 7) is 5.84. The minimum atomic E-state index is -0.171. The van der Waals surface area contributed by atoms with Gasteiger partial charge in [-0.1, -0.05) is 20.8 Å². The molecule has 0 aliphatic heterocycles. The number of hydrogen-bond donors (Lipinski definition) is 0. The van der Waals surface area contributed by atoms with E-state index in [9.17, 15) is 0 Å². The van der Waals surface area contributed by atoms with Crippen molar-refractivity contribution in [3.63, 3.8) is 0 Å². The summed E-state index contributed by atoms with van der Waals surface area (Å²) in [4.78, 5) is 0. The predicted octanol–water partition coefficient (Wildman–Crippen LogP) is 2.33. The first-order chi connectivity index (χ1) is 7.08. The van der Waals surface area contributed by atoms with E-state index in [2.05, 4.69) is 18.2 Å². The second-order valence-electron chi connectivity index (χ2n) is 4.54. The highest BCUT2D eigenvalue weighted by molar-refractivity contribution is 5.10. The highest BCUT2D eigenvalue weighted by Crippen LogP contribution is 2.44. The van der Waals surface area contributed by atoms with E-state index in [1.54, 1.807) is 0 Å². The van der Waals surface area contributed by atoms with E-state index < -0.39 is 0 Å². The summed E-state index contributed by atoms with van der Waals surface area (Å²) in [5.74, 6) is -0.319. The Bertz CT molecular complexity index is 285. The van der Waals surface area contributed by atoms with Crippen molar-refractivity contribution in [2.75, 3.05) is 0 Å². The Labute approximate surface area is 90.9 Å². The molecule has 0 radical (unpaired) electrons. The minimum Gasteiger partial charge on any atom is -0.198 e. The Hall–Kier alpha value is -1.53. The first-order valence-electron chi connectivity index (χ1n) is 5.27. The lowest BCUT2D eigenvalue weighted by molar-refractivity contribution is 0.0875. The lowest BCUT2D eigenvalue weighted by Gasteiger charge is -2.41. The fourth-order valence-electron chi connectivity index (χ4n) is 2.81. The molecule has 1 aliphatic carbocycles. The average Bonchev–Trinajstić information content (AvgIpc) is 2.19. The van der Waals surface area contributed by atoms with E-state index in [0.29, 0.717) is 0 Å². The van der Waals surface area contributed by atoms with Crippen LogP contribution in [0.2, 0.25) is 0 Å². The zero-order valence-electron chi connectivity index (χ0n) is 9.31. The van der Waals surface area contributed by atoms with Gasteiger partial charge in [-0.15, -0.1) is 0 Å². The van der Waals surface area contributed by atoms with Crippen molar-refractivity contribution in [1.29, 1.82) is 15.8 Å². The molecule has 0 heterocycles. The Kier molecular flexibility index (Phi) is 3.33. The maximum Gasteiger partial charge on any atom is 0.0662 e. The highest BCUT2D eigenvalue weighted by Gasteiger charge is 2.45. The first-order valence-corrected chi connectivity index (χ1v) is 5.27. The van der Waals surface area contributed by atoms with E-state index >= 15 is 0 Å². The zero-order valence-corrected chi connectivity index (χ0v) is 9.31. The maximum absolute atomic E-state index is 9.08. The van der Waals surface area contributed by atoms with Crippen LogP contribution in [0.4, 0.5) is 0 Å². The summed E-state index contributed by atoms with van der Waals surface area (Å²) in [6.07, 6.45) is 0. The summed E-state index contributed by atoms with van der Waals surface area (Å²) >= 11 is 0. The summed E-state index contributed by atoms with van der Waals surface area (Å²) in [6, 6.07) is 6.75. The lowest BCUT2D eigenvalue weighted by atomic mass is 9.59. The topological polar surface area (TPSA) is 71.4 Å². The van der Waals surface area contributed by atoms with Crippen molar-refractivity contribution < 1.29 is 0 Å². The van der Waals surface area contributed by atoms with Gasteiger partial charge in [-0.05, 0) is 17.8 Å². The SMILES string of the molecule is CC1C(C#N)C(C)C(C#N)C(C)C1C#N. The van der Waals surface area contributed by atoms with Crippen LogP contribution in [0.5, 0.6) is 0 Å². The van der Waals surface area contributed by atoms with E-state index in [1.165, 1.54) is 0 Å². The Balaban J connectivity index is 3.07. The van der Waals surface area contributed by atoms with Crippen LogP contribution in [-0.2, 0) is 0 Å². The number of rotatable bonds is 0. The Morgan fingerprint density at radius 2 is 0.800 bits per heavy atom. The molecule has 3 heteroatoms. The molecule has 0 amide bonds. The molecule has 0 spiro atoms. The quantitative estimate of drug-likeness (QED) is 0.603. The molecule has 0 aromatic heterocycles. The van der Waals surface area contributed by atoms with Gasteiger partial charge >= 0.3 is 0 Å². The van der Waals surface area contributed by atoms with Crippen LogP contribution >= 0.6 is 0 Å². The van der Waals surface area contributed by atoms with E-state index in [-0.39, 0.29) is 35.5 Å². The van der Waals surface area contributed by atoms with Gasteiger partial charge in [-0.2, -0.15) is 15.8 Å². The van der Waals surface area contributed by atoms with Crippen LogP contribution in [0.15, 0.2) is 0 Å². The molecule has 1 aliphatic rings. The van der Waals surface area contributed by atoms with Gasteiger partial charge in [0.15, 0.2) is 0 Å². The lowest BCUT2D eigenvalue weighted by Crippen LogP contribution is -2.41. The van der Waals surface area contributed by atoms with Crippen LogP contribution < -0.4 is 0 Å². The second-order valence-corrected chi connectivity index (χ2v) is 4.54. The minimum absolute atomic E-state index is 0.0644. The summed E-state index contributed by atoms with van der Waals surface area (Å²) in [5.41, 5.74) is 0. The molecular formula is C12H15N3. The van der Waals surface area contributed by atoms with Crippen LogP contribution in [0, 0.1) is 69.5 Å². The number of hydrogen-bond acceptors (Lipinski definition) is 3. The third-order valence-electron chi connectivity index (χ3n) is 3.85. The van der Waals surface area contributed by atoms with Crippen molar-refractivity contribution in [1.82, 2.24) is 0 Å². The molecule has 0 aromatic rings. The number of nitrogens with zero attached hydrogens (tertiary/aromatic N) is 3. The molecule has 0 atom stereocenters. The Morgan fingerprint density at radius 1 is 0.600 bits per heavy atom. The van der Waals surface area contributed by atoms with Crippen molar-refractivity contribution >= 4 is 0 Å². The van der Waals surface area contributed by atoms with Crippen LogP contribution in [0.1, 0.15) is 20.8 Å². The summed E-state index contributed by atoms with van der Waals surface area (Å²) < 4.78 is 0. The Morgan fingerprint density at radius 3 is 0.933 bits per heavy atom. The monoisotopic (exact) mass is 201 g/mol. The molecule has 15 heavy (non-hydrogen) atoms.